The predicted molar refractivity (Wildman–Crippen MR) is 86.8 cm³/mol. The van der Waals surface area contributed by atoms with E-state index in [4.69, 9.17) is 10.2 Å². The molecule has 0 radical (unpaired) electrons. The van der Waals surface area contributed by atoms with Crippen LogP contribution >= 0.6 is 22.6 Å². The van der Waals surface area contributed by atoms with Gasteiger partial charge in [-0.2, -0.15) is 0 Å². The minimum atomic E-state index is -3.78. The number of benzene rings is 1. The van der Waals surface area contributed by atoms with Gasteiger partial charge >= 0.3 is 5.97 Å². The number of carbonyl (C=O) groups is 1. The molecular weight excluding hydrogens is 409 g/mol. The molecule has 0 atom stereocenters. The van der Waals surface area contributed by atoms with E-state index in [2.05, 4.69) is 4.72 Å². The Balaban J connectivity index is 2.99. The number of carboxylic acids is 1. The van der Waals surface area contributed by atoms with E-state index in [-0.39, 0.29) is 29.0 Å². The highest BCUT2D eigenvalue weighted by atomic mass is 127. The van der Waals surface area contributed by atoms with Crippen LogP contribution in [0.3, 0.4) is 0 Å². The molecule has 0 spiro atoms. The number of carboxylic acid groups (broad SMARTS) is 1. The molecule has 3 N–H and O–H groups in total. The van der Waals surface area contributed by atoms with Crippen LogP contribution < -0.4 is 4.72 Å². The van der Waals surface area contributed by atoms with Gasteiger partial charge in [0.2, 0.25) is 10.0 Å². The zero-order chi connectivity index (χ0) is 16.3. The summed E-state index contributed by atoms with van der Waals surface area (Å²) in [6, 6.07) is 3.97. The van der Waals surface area contributed by atoms with E-state index in [1.165, 1.54) is 12.1 Å². The summed E-state index contributed by atoms with van der Waals surface area (Å²) >= 11 is 1.84. The van der Waals surface area contributed by atoms with Crippen molar-refractivity contribution in [3.8, 4) is 0 Å². The lowest BCUT2D eigenvalue weighted by Crippen LogP contribution is -2.34. The third-order valence-electron chi connectivity index (χ3n) is 3.01. The second kappa shape index (κ2) is 7.03. The molecule has 0 saturated carbocycles. The summed E-state index contributed by atoms with van der Waals surface area (Å²) in [5, 5.41) is 18.0. The molecule has 0 aromatic heterocycles. The third-order valence-corrected chi connectivity index (χ3v) is 5.35. The Morgan fingerprint density at radius 1 is 1.38 bits per heavy atom. The molecule has 0 bridgehead atoms. The first-order chi connectivity index (χ1) is 9.59. The fourth-order valence-corrected chi connectivity index (χ4v) is 3.43. The van der Waals surface area contributed by atoms with Gasteiger partial charge in [0.15, 0.2) is 0 Å². The Morgan fingerprint density at radius 2 is 2.00 bits per heavy atom. The fraction of sp³-hybridized carbons (Fsp3) is 0.462. The number of aromatic carboxylic acids is 1. The molecule has 1 aromatic rings. The van der Waals surface area contributed by atoms with Crippen molar-refractivity contribution in [3.05, 3.63) is 27.3 Å². The van der Waals surface area contributed by atoms with Gasteiger partial charge in [-0.15, -0.1) is 0 Å². The van der Waals surface area contributed by atoms with Crippen LogP contribution in [0.4, 0.5) is 0 Å². The minimum Gasteiger partial charge on any atom is -0.478 e. The zero-order valence-electron chi connectivity index (χ0n) is 11.8. The Bertz CT molecular complexity index is 627. The average Bonchev–Trinajstić information content (AvgIpc) is 2.36. The van der Waals surface area contributed by atoms with Gasteiger partial charge < -0.3 is 10.2 Å². The summed E-state index contributed by atoms with van der Waals surface area (Å²) in [5.74, 6) is -1.17. The molecule has 0 aliphatic heterocycles. The Kier molecular flexibility index (Phi) is 6.14. The van der Waals surface area contributed by atoms with Gasteiger partial charge in [0, 0.05) is 16.7 Å². The minimum absolute atomic E-state index is 0.0264. The first-order valence-corrected chi connectivity index (χ1v) is 8.79. The molecule has 0 saturated heterocycles. The average molecular weight is 427 g/mol. The highest BCUT2D eigenvalue weighted by Gasteiger charge is 2.23. The molecule has 0 heterocycles. The second-order valence-electron chi connectivity index (χ2n) is 5.41. The first kappa shape index (κ1) is 18.3. The van der Waals surface area contributed by atoms with Crippen LogP contribution in [0.1, 0.15) is 30.6 Å². The number of sulfonamides is 1. The molecule has 21 heavy (non-hydrogen) atoms. The molecule has 118 valence electrons. The van der Waals surface area contributed by atoms with E-state index in [9.17, 15) is 13.2 Å². The largest absolute Gasteiger partial charge is 0.478 e. The second-order valence-corrected chi connectivity index (χ2v) is 8.34. The van der Waals surface area contributed by atoms with E-state index in [0.717, 1.165) is 6.07 Å². The van der Waals surface area contributed by atoms with Crippen LogP contribution in [0.5, 0.6) is 0 Å². The molecular formula is C13H18INO5S. The van der Waals surface area contributed by atoms with E-state index < -0.39 is 16.0 Å². The lowest BCUT2D eigenvalue weighted by molar-refractivity contribution is 0.0695. The van der Waals surface area contributed by atoms with Crippen LogP contribution in [0.2, 0.25) is 0 Å². The Morgan fingerprint density at radius 3 is 2.52 bits per heavy atom. The van der Waals surface area contributed by atoms with E-state index in [1.807, 2.05) is 36.4 Å². The maximum atomic E-state index is 12.2. The van der Waals surface area contributed by atoms with Gasteiger partial charge in [-0.05, 0) is 52.6 Å². The van der Waals surface area contributed by atoms with Crippen LogP contribution in [0, 0.1) is 8.99 Å². The number of aliphatic hydroxyl groups excluding tert-OH is 1. The molecule has 0 aliphatic rings. The van der Waals surface area contributed by atoms with Crippen molar-refractivity contribution in [3.63, 3.8) is 0 Å². The molecule has 8 heteroatoms. The monoisotopic (exact) mass is 427 g/mol. The number of nitrogens with one attached hydrogen (secondary N) is 1. The van der Waals surface area contributed by atoms with E-state index in [0.29, 0.717) is 9.99 Å². The molecule has 1 aromatic carbocycles. The van der Waals surface area contributed by atoms with Crippen molar-refractivity contribution in [1.29, 1.82) is 0 Å². The molecule has 0 unspecified atom stereocenters. The number of hydrogen-bond donors (Lipinski definition) is 3. The predicted octanol–water partition coefficient (Wildman–Crippen LogP) is 1.68. The van der Waals surface area contributed by atoms with Gasteiger partial charge in [-0.1, -0.05) is 13.8 Å². The summed E-state index contributed by atoms with van der Waals surface area (Å²) in [6.07, 6.45) is 0.461. The maximum Gasteiger partial charge on any atom is 0.336 e. The molecule has 0 amide bonds. The van der Waals surface area contributed by atoms with Gasteiger partial charge in [-0.25, -0.2) is 17.9 Å². The molecule has 0 fully saturated rings. The van der Waals surface area contributed by atoms with Gasteiger partial charge in [0.25, 0.3) is 0 Å². The summed E-state index contributed by atoms with van der Waals surface area (Å²) in [7, 11) is -3.78. The van der Waals surface area contributed by atoms with Crippen LogP contribution in [-0.2, 0) is 10.0 Å². The smallest absolute Gasteiger partial charge is 0.336 e. The van der Waals surface area contributed by atoms with E-state index in [1.54, 1.807) is 0 Å². The van der Waals surface area contributed by atoms with Gasteiger partial charge in [0.05, 0.1) is 10.5 Å². The summed E-state index contributed by atoms with van der Waals surface area (Å²) < 4.78 is 27.3. The fourth-order valence-electron chi connectivity index (χ4n) is 1.60. The third kappa shape index (κ3) is 5.20. The van der Waals surface area contributed by atoms with Crippen LogP contribution in [-0.4, -0.2) is 37.8 Å². The highest BCUT2D eigenvalue weighted by Crippen LogP contribution is 2.21. The lowest BCUT2D eigenvalue weighted by Gasteiger charge is -2.23. The summed E-state index contributed by atoms with van der Waals surface area (Å²) in [5.41, 5.74) is -0.436. The van der Waals surface area contributed by atoms with E-state index >= 15 is 0 Å². The van der Waals surface area contributed by atoms with Gasteiger partial charge in [-0.3, -0.25) is 0 Å². The van der Waals surface area contributed by atoms with Crippen molar-refractivity contribution in [1.82, 2.24) is 4.72 Å². The highest BCUT2D eigenvalue weighted by molar-refractivity contribution is 14.1. The van der Waals surface area contributed by atoms with Crippen molar-refractivity contribution in [2.75, 3.05) is 13.2 Å². The zero-order valence-corrected chi connectivity index (χ0v) is 14.7. The first-order valence-electron chi connectivity index (χ1n) is 6.22. The quantitative estimate of drug-likeness (QED) is 0.575. The number of halogens is 1. The van der Waals surface area contributed by atoms with Crippen LogP contribution in [0.15, 0.2) is 23.1 Å². The Hall–Kier alpha value is -0.710. The molecule has 0 aliphatic carbocycles. The van der Waals surface area contributed by atoms with Crippen molar-refractivity contribution >= 4 is 38.6 Å². The van der Waals surface area contributed by atoms with Crippen molar-refractivity contribution in [2.45, 2.75) is 25.2 Å². The lowest BCUT2D eigenvalue weighted by atomic mass is 9.90. The van der Waals surface area contributed by atoms with Crippen molar-refractivity contribution in [2.24, 2.45) is 5.41 Å². The normalized spacial score (nSPS) is 12.4. The standard InChI is InChI=1S/C13H18INO5S/c1-13(2,5-6-16)8-15-21(19,20)9-3-4-11(14)10(7-9)12(17)18/h3-4,7,15-16H,5-6,8H2,1-2H3,(H,17,18). The van der Waals surface area contributed by atoms with Crippen LogP contribution in [0.25, 0.3) is 0 Å². The van der Waals surface area contributed by atoms with Gasteiger partial charge in [0.1, 0.15) is 0 Å². The molecule has 6 nitrogen and oxygen atoms in total. The summed E-state index contributed by atoms with van der Waals surface area (Å²) in [6.45, 7) is 3.80. The Labute approximate surface area is 137 Å². The number of aliphatic hydroxyl groups is 1. The number of rotatable bonds is 7. The molecule has 1 rings (SSSR count). The SMILES string of the molecule is CC(C)(CCO)CNS(=O)(=O)c1ccc(I)c(C(=O)O)c1. The summed E-state index contributed by atoms with van der Waals surface area (Å²) in [4.78, 5) is 11.0. The maximum absolute atomic E-state index is 12.2. The topological polar surface area (TPSA) is 104 Å². The van der Waals surface area contributed by atoms with Crippen molar-refractivity contribution < 1.29 is 23.4 Å². The number of hydrogen-bond acceptors (Lipinski definition) is 4.